The second kappa shape index (κ2) is 8.79. The molecule has 7 aromatic rings. The molecule has 3 heteroatoms. The lowest BCUT2D eigenvalue weighted by atomic mass is 9.75. The molecule has 1 aliphatic rings. The van der Waals surface area contributed by atoms with Crippen molar-refractivity contribution < 1.29 is 9.52 Å². The molecule has 1 N–H and O–H groups in total. The van der Waals surface area contributed by atoms with E-state index in [4.69, 9.17) is 4.42 Å². The summed E-state index contributed by atoms with van der Waals surface area (Å²) in [4.78, 5) is 0. The van der Waals surface area contributed by atoms with E-state index in [0.717, 1.165) is 76.5 Å². The van der Waals surface area contributed by atoms with E-state index >= 15 is 0 Å². The van der Waals surface area contributed by atoms with Gasteiger partial charge in [0, 0.05) is 37.5 Å². The maximum atomic E-state index is 13.3. The number of halogens is 1. The van der Waals surface area contributed by atoms with Crippen LogP contribution in [0.4, 0.5) is 0 Å². The van der Waals surface area contributed by atoms with Crippen LogP contribution in [0.1, 0.15) is 16.7 Å². The highest BCUT2D eigenvalue weighted by molar-refractivity contribution is 9.10. The third kappa shape index (κ3) is 3.25. The fourth-order valence-electron chi connectivity index (χ4n) is 6.47. The topological polar surface area (TPSA) is 33.4 Å². The summed E-state index contributed by atoms with van der Waals surface area (Å²) < 4.78 is 7.42. The lowest BCUT2D eigenvalue weighted by molar-refractivity contribution is 0.128. The minimum absolute atomic E-state index is 0.812. The average Bonchev–Trinajstić information content (AvgIpc) is 3.36. The minimum atomic E-state index is -1.43. The Hall–Kier alpha value is -4.44. The minimum Gasteiger partial charge on any atom is -0.455 e. The Labute approximate surface area is 240 Å². The lowest BCUT2D eigenvalue weighted by Crippen LogP contribution is -2.30. The van der Waals surface area contributed by atoms with Gasteiger partial charge in [-0.25, -0.2) is 0 Å². The first kappa shape index (κ1) is 23.4. The van der Waals surface area contributed by atoms with E-state index in [-0.39, 0.29) is 0 Å². The maximum Gasteiger partial charge on any atom is 0.143 e. The standard InChI is InChI=1S/C37H23BrO2/c38-23-20-21-34-31(22-23)25-11-2-1-10-24(25)26-12-3-6-17-32(26)37(34,39)33-18-7-4-13-27(33)29-15-9-16-30-28-14-5-8-19-35(28)40-36(29)30/h1-22,39H. The molecule has 0 bridgehead atoms. The van der Waals surface area contributed by atoms with Crippen molar-refractivity contribution in [1.82, 2.24) is 0 Å². The van der Waals surface area contributed by atoms with Gasteiger partial charge in [0.05, 0.1) is 0 Å². The van der Waals surface area contributed by atoms with E-state index in [2.05, 4.69) is 101 Å². The molecule has 0 spiro atoms. The molecular weight excluding hydrogens is 556 g/mol. The van der Waals surface area contributed by atoms with E-state index < -0.39 is 5.60 Å². The van der Waals surface area contributed by atoms with E-state index in [0.29, 0.717) is 0 Å². The highest BCUT2D eigenvalue weighted by Gasteiger charge is 2.42. The van der Waals surface area contributed by atoms with Crippen molar-refractivity contribution in [2.75, 3.05) is 0 Å². The summed E-state index contributed by atoms with van der Waals surface area (Å²) in [5, 5.41) is 15.4. The maximum absolute atomic E-state index is 13.3. The molecule has 40 heavy (non-hydrogen) atoms. The van der Waals surface area contributed by atoms with Crippen LogP contribution >= 0.6 is 15.9 Å². The van der Waals surface area contributed by atoms with Crippen molar-refractivity contribution in [3.8, 4) is 33.4 Å². The van der Waals surface area contributed by atoms with Crippen LogP contribution in [-0.4, -0.2) is 5.11 Å². The Balaban J connectivity index is 1.50. The molecule has 1 aliphatic carbocycles. The third-order valence-electron chi connectivity index (χ3n) is 8.21. The Morgan fingerprint density at radius 3 is 1.75 bits per heavy atom. The zero-order chi connectivity index (χ0) is 26.8. The third-order valence-corrected chi connectivity index (χ3v) is 8.70. The van der Waals surface area contributed by atoms with Gasteiger partial charge in [-0.15, -0.1) is 0 Å². The van der Waals surface area contributed by atoms with Gasteiger partial charge in [0.15, 0.2) is 0 Å². The number of furan rings is 1. The molecule has 0 amide bonds. The molecule has 1 heterocycles. The zero-order valence-electron chi connectivity index (χ0n) is 21.4. The summed E-state index contributed by atoms with van der Waals surface area (Å²) in [6, 6.07) is 45.4. The van der Waals surface area contributed by atoms with E-state index in [1.54, 1.807) is 0 Å². The molecule has 1 atom stereocenters. The molecule has 1 unspecified atom stereocenters. The highest BCUT2D eigenvalue weighted by Crippen LogP contribution is 2.53. The molecular formula is C37H23BrO2. The summed E-state index contributed by atoms with van der Waals surface area (Å²) >= 11 is 3.70. The van der Waals surface area contributed by atoms with Gasteiger partial charge < -0.3 is 9.52 Å². The first-order valence-corrected chi connectivity index (χ1v) is 14.2. The Bertz CT molecular complexity index is 2100. The number of hydrogen-bond acceptors (Lipinski definition) is 2. The van der Waals surface area contributed by atoms with Gasteiger partial charge in [-0.3, -0.25) is 0 Å². The molecule has 190 valence electrons. The van der Waals surface area contributed by atoms with E-state index in [1.807, 2.05) is 48.5 Å². The first-order valence-electron chi connectivity index (χ1n) is 13.4. The van der Waals surface area contributed by atoms with Crippen molar-refractivity contribution >= 4 is 37.9 Å². The van der Waals surface area contributed by atoms with Crippen molar-refractivity contribution in [3.63, 3.8) is 0 Å². The van der Waals surface area contributed by atoms with Crippen molar-refractivity contribution in [2.24, 2.45) is 0 Å². The van der Waals surface area contributed by atoms with Gasteiger partial charge in [0.25, 0.3) is 0 Å². The predicted molar refractivity (Wildman–Crippen MR) is 166 cm³/mol. The van der Waals surface area contributed by atoms with Gasteiger partial charge in [-0.2, -0.15) is 0 Å². The van der Waals surface area contributed by atoms with Crippen molar-refractivity contribution in [1.29, 1.82) is 0 Å². The van der Waals surface area contributed by atoms with Crippen LogP contribution in [-0.2, 0) is 5.60 Å². The molecule has 6 aromatic carbocycles. The zero-order valence-corrected chi connectivity index (χ0v) is 23.0. The summed E-state index contributed by atoms with van der Waals surface area (Å²) in [5.74, 6) is 0. The monoisotopic (exact) mass is 578 g/mol. The normalized spacial score (nSPS) is 15.8. The molecule has 0 fully saturated rings. The number of hydrogen-bond donors (Lipinski definition) is 1. The number of benzene rings is 6. The molecule has 8 rings (SSSR count). The van der Waals surface area contributed by atoms with Crippen LogP contribution in [0.3, 0.4) is 0 Å². The smallest absolute Gasteiger partial charge is 0.143 e. The SMILES string of the molecule is OC1(c2ccccc2-c2cccc3c2oc2ccccc23)c2ccccc2-c2ccccc2-c2cc(Br)ccc21. The summed E-state index contributed by atoms with van der Waals surface area (Å²) in [5.41, 5.74) is 8.86. The molecule has 0 saturated heterocycles. The lowest BCUT2D eigenvalue weighted by Gasteiger charge is -2.33. The van der Waals surface area contributed by atoms with Crippen LogP contribution in [0.5, 0.6) is 0 Å². The molecule has 0 radical (unpaired) electrons. The highest BCUT2D eigenvalue weighted by atomic mass is 79.9. The summed E-state index contributed by atoms with van der Waals surface area (Å²) in [6.07, 6.45) is 0. The van der Waals surface area contributed by atoms with Gasteiger partial charge >= 0.3 is 0 Å². The van der Waals surface area contributed by atoms with Crippen molar-refractivity contribution in [3.05, 3.63) is 155 Å². The molecule has 1 aromatic heterocycles. The molecule has 2 nitrogen and oxygen atoms in total. The number of rotatable bonds is 2. The average molecular weight is 579 g/mol. The Morgan fingerprint density at radius 2 is 1.00 bits per heavy atom. The quantitative estimate of drug-likeness (QED) is 0.221. The van der Waals surface area contributed by atoms with Crippen LogP contribution in [0.25, 0.3) is 55.3 Å². The van der Waals surface area contributed by atoms with Gasteiger partial charge in [-0.05, 0) is 46.0 Å². The number of fused-ring (bicyclic) bond motifs is 8. The number of aliphatic hydroxyl groups is 1. The Kier molecular flexibility index (Phi) is 5.15. The van der Waals surface area contributed by atoms with Crippen molar-refractivity contribution in [2.45, 2.75) is 5.60 Å². The van der Waals surface area contributed by atoms with Crippen LogP contribution in [0.15, 0.2) is 142 Å². The first-order chi connectivity index (χ1) is 19.6. The summed E-state index contributed by atoms with van der Waals surface area (Å²) in [7, 11) is 0. The fraction of sp³-hybridized carbons (Fsp3) is 0.0270. The second-order valence-electron chi connectivity index (χ2n) is 10.3. The molecule has 0 aliphatic heterocycles. The van der Waals surface area contributed by atoms with Crippen LogP contribution in [0, 0.1) is 0 Å². The van der Waals surface area contributed by atoms with Crippen LogP contribution in [0.2, 0.25) is 0 Å². The second-order valence-corrected chi connectivity index (χ2v) is 11.2. The van der Waals surface area contributed by atoms with Gasteiger partial charge in [0.2, 0.25) is 0 Å². The number of para-hydroxylation sites is 2. The summed E-state index contributed by atoms with van der Waals surface area (Å²) in [6.45, 7) is 0. The van der Waals surface area contributed by atoms with Gasteiger partial charge in [-0.1, -0.05) is 131 Å². The van der Waals surface area contributed by atoms with Crippen LogP contribution < -0.4 is 0 Å². The Morgan fingerprint density at radius 1 is 0.475 bits per heavy atom. The van der Waals surface area contributed by atoms with E-state index in [1.165, 1.54) is 0 Å². The van der Waals surface area contributed by atoms with E-state index in [9.17, 15) is 5.11 Å². The molecule has 0 saturated carbocycles. The largest absolute Gasteiger partial charge is 0.455 e. The van der Waals surface area contributed by atoms with Gasteiger partial charge in [0.1, 0.15) is 16.8 Å². The predicted octanol–water partition coefficient (Wildman–Crippen LogP) is 9.95. The fourth-order valence-corrected chi connectivity index (χ4v) is 6.83.